The fourth-order valence-corrected chi connectivity index (χ4v) is 2.02. The standard InChI is InChI=1S/C13H12N2O2/c16-11-3-1-2-10(8-11)4-5-12-13(17-15-12)6-7-14-9-13/h1-3,8,14,16H,6-7,9H2. The molecule has 0 radical (unpaired) electrons. The first-order valence-corrected chi connectivity index (χ1v) is 5.57. The molecule has 4 heteroatoms. The molecule has 2 heterocycles. The van der Waals surface area contributed by atoms with Crippen molar-refractivity contribution in [1.29, 1.82) is 0 Å². The molecule has 1 unspecified atom stereocenters. The summed E-state index contributed by atoms with van der Waals surface area (Å²) in [7, 11) is 0. The highest BCUT2D eigenvalue weighted by Gasteiger charge is 2.47. The molecule has 0 aromatic heterocycles. The monoisotopic (exact) mass is 228 g/mol. The Morgan fingerprint density at radius 3 is 3.00 bits per heavy atom. The van der Waals surface area contributed by atoms with Crippen molar-refractivity contribution in [1.82, 2.24) is 5.32 Å². The predicted molar refractivity (Wildman–Crippen MR) is 63.7 cm³/mol. The van der Waals surface area contributed by atoms with E-state index in [1.54, 1.807) is 18.2 Å². The van der Waals surface area contributed by atoms with Crippen LogP contribution in [0.4, 0.5) is 0 Å². The van der Waals surface area contributed by atoms with Gasteiger partial charge in [-0.1, -0.05) is 17.1 Å². The second kappa shape index (κ2) is 3.79. The summed E-state index contributed by atoms with van der Waals surface area (Å²) in [6.45, 7) is 1.72. The lowest BCUT2D eigenvalue weighted by Gasteiger charge is -2.31. The molecule has 1 fully saturated rings. The van der Waals surface area contributed by atoms with E-state index in [-0.39, 0.29) is 11.4 Å². The van der Waals surface area contributed by atoms with Crippen molar-refractivity contribution in [3.63, 3.8) is 0 Å². The first-order valence-electron chi connectivity index (χ1n) is 5.57. The van der Waals surface area contributed by atoms with Gasteiger partial charge in [0, 0.05) is 18.5 Å². The molecular weight excluding hydrogens is 216 g/mol. The SMILES string of the molecule is Oc1cccc(C#CC2=NOC23CCNC3)c1. The van der Waals surface area contributed by atoms with E-state index in [1.165, 1.54) is 0 Å². The smallest absolute Gasteiger partial charge is 0.204 e. The summed E-state index contributed by atoms with van der Waals surface area (Å²) in [6.07, 6.45) is 0.917. The van der Waals surface area contributed by atoms with E-state index < -0.39 is 0 Å². The average molecular weight is 228 g/mol. The van der Waals surface area contributed by atoms with Crippen LogP contribution in [0.5, 0.6) is 5.75 Å². The van der Waals surface area contributed by atoms with Crippen LogP contribution in [0.1, 0.15) is 12.0 Å². The summed E-state index contributed by atoms with van der Waals surface area (Å²) < 4.78 is 0. The summed E-state index contributed by atoms with van der Waals surface area (Å²) in [5, 5.41) is 16.4. The van der Waals surface area contributed by atoms with Crippen LogP contribution < -0.4 is 5.32 Å². The molecule has 4 nitrogen and oxygen atoms in total. The fourth-order valence-electron chi connectivity index (χ4n) is 2.02. The Balaban J connectivity index is 1.81. The van der Waals surface area contributed by atoms with Gasteiger partial charge in [0.25, 0.3) is 0 Å². The Morgan fingerprint density at radius 1 is 1.41 bits per heavy atom. The highest BCUT2D eigenvalue weighted by Crippen LogP contribution is 2.29. The van der Waals surface area contributed by atoms with Crippen LogP contribution in [0, 0.1) is 11.8 Å². The molecule has 0 amide bonds. The number of hydrogen-bond donors (Lipinski definition) is 2. The number of phenols is 1. The van der Waals surface area contributed by atoms with Gasteiger partial charge in [-0.05, 0) is 30.7 Å². The first kappa shape index (κ1) is 10.2. The van der Waals surface area contributed by atoms with Crippen LogP contribution in [0.3, 0.4) is 0 Å². The molecule has 3 rings (SSSR count). The van der Waals surface area contributed by atoms with Crippen molar-refractivity contribution in [2.45, 2.75) is 12.0 Å². The molecule has 2 aliphatic heterocycles. The Bertz CT molecular complexity index is 534. The van der Waals surface area contributed by atoms with Gasteiger partial charge in [0.15, 0.2) is 5.71 Å². The molecule has 1 atom stereocenters. The zero-order chi connectivity index (χ0) is 11.7. The third kappa shape index (κ3) is 1.75. The summed E-state index contributed by atoms with van der Waals surface area (Å²) in [6, 6.07) is 6.88. The van der Waals surface area contributed by atoms with E-state index in [2.05, 4.69) is 22.3 Å². The number of oxime groups is 1. The summed E-state index contributed by atoms with van der Waals surface area (Å²) in [5.74, 6) is 6.23. The maximum atomic E-state index is 9.32. The quantitative estimate of drug-likeness (QED) is 0.648. The van der Waals surface area contributed by atoms with Gasteiger partial charge < -0.3 is 15.3 Å². The van der Waals surface area contributed by atoms with Crippen LogP contribution >= 0.6 is 0 Å². The number of aromatic hydroxyl groups is 1. The van der Waals surface area contributed by atoms with Gasteiger partial charge in [-0.25, -0.2) is 0 Å². The van der Waals surface area contributed by atoms with Gasteiger partial charge in [0.05, 0.1) is 0 Å². The van der Waals surface area contributed by atoms with Crippen LogP contribution in [-0.2, 0) is 4.84 Å². The molecule has 1 saturated heterocycles. The van der Waals surface area contributed by atoms with Gasteiger partial charge in [0.2, 0.25) is 5.60 Å². The molecule has 1 aromatic rings. The minimum Gasteiger partial charge on any atom is -0.508 e. The highest BCUT2D eigenvalue weighted by molar-refractivity contribution is 6.09. The van der Waals surface area contributed by atoms with Crippen molar-refractivity contribution in [2.75, 3.05) is 13.1 Å². The lowest BCUT2D eigenvalue weighted by Crippen LogP contribution is -2.48. The number of nitrogens with one attached hydrogen (secondary N) is 1. The maximum Gasteiger partial charge on any atom is 0.204 e. The van der Waals surface area contributed by atoms with E-state index in [0.29, 0.717) is 0 Å². The summed E-state index contributed by atoms with van der Waals surface area (Å²) in [4.78, 5) is 5.28. The van der Waals surface area contributed by atoms with Crippen molar-refractivity contribution in [3.8, 4) is 17.6 Å². The van der Waals surface area contributed by atoms with Crippen LogP contribution in [0.2, 0.25) is 0 Å². The second-order valence-corrected chi connectivity index (χ2v) is 4.25. The number of hydrogen-bond acceptors (Lipinski definition) is 4. The molecule has 1 spiro atoms. The molecule has 0 saturated carbocycles. The largest absolute Gasteiger partial charge is 0.508 e. The first-order chi connectivity index (χ1) is 8.28. The van der Waals surface area contributed by atoms with Crippen molar-refractivity contribution in [3.05, 3.63) is 29.8 Å². The summed E-state index contributed by atoms with van der Waals surface area (Å²) >= 11 is 0. The van der Waals surface area contributed by atoms with Gasteiger partial charge in [-0.3, -0.25) is 0 Å². The van der Waals surface area contributed by atoms with Crippen LogP contribution in [0.25, 0.3) is 0 Å². The normalized spacial score (nSPS) is 25.5. The number of phenolic OH excluding ortho intramolecular Hbond substituents is 1. The predicted octanol–water partition coefficient (Wildman–Crippen LogP) is 0.862. The van der Waals surface area contributed by atoms with E-state index in [1.807, 2.05) is 6.07 Å². The average Bonchev–Trinajstić information content (AvgIpc) is 2.79. The molecular formula is C13H12N2O2. The Labute approximate surface area is 99.3 Å². The second-order valence-electron chi connectivity index (χ2n) is 4.25. The highest BCUT2D eigenvalue weighted by atomic mass is 16.7. The van der Waals surface area contributed by atoms with E-state index >= 15 is 0 Å². The molecule has 86 valence electrons. The Kier molecular flexibility index (Phi) is 2.27. The lowest BCUT2D eigenvalue weighted by molar-refractivity contribution is -0.0157. The lowest BCUT2D eigenvalue weighted by atomic mass is 9.95. The van der Waals surface area contributed by atoms with E-state index in [0.717, 1.165) is 30.8 Å². The van der Waals surface area contributed by atoms with Gasteiger partial charge in [-0.2, -0.15) is 0 Å². The van der Waals surface area contributed by atoms with E-state index in [4.69, 9.17) is 4.84 Å². The maximum absolute atomic E-state index is 9.32. The third-order valence-corrected chi connectivity index (χ3v) is 3.03. The third-order valence-electron chi connectivity index (χ3n) is 3.03. The Hall–Kier alpha value is -1.99. The van der Waals surface area contributed by atoms with Crippen LogP contribution in [-0.4, -0.2) is 29.5 Å². The van der Waals surface area contributed by atoms with Crippen molar-refractivity contribution >= 4 is 5.71 Å². The molecule has 2 N–H and O–H groups in total. The van der Waals surface area contributed by atoms with Gasteiger partial charge >= 0.3 is 0 Å². The minimum absolute atomic E-state index is 0.223. The zero-order valence-electron chi connectivity index (χ0n) is 9.23. The fraction of sp³-hybridized carbons (Fsp3) is 0.308. The number of benzene rings is 1. The topological polar surface area (TPSA) is 53.9 Å². The van der Waals surface area contributed by atoms with Gasteiger partial charge in [0.1, 0.15) is 5.75 Å². The zero-order valence-corrected chi connectivity index (χ0v) is 9.23. The Morgan fingerprint density at radius 2 is 2.35 bits per heavy atom. The summed E-state index contributed by atoms with van der Waals surface area (Å²) in [5.41, 5.74) is 1.29. The number of rotatable bonds is 0. The molecule has 1 aromatic carbocycles. The molecule has 2 aliphatic rings. The molecule has 0 bridgehead atoms. The van der Waals surface area contributed by atoms with Crippen LogP contribution in [0.15, 0.2) is 29.4 Å². The molecule has 17 heavy (non-hydrogen) atoms. The van der Waals surface area contributed by atoms with Crippen molar-refractivity contribution < 1.29 is 9.94 Å². The number of nitrogens with zero attached hydrogens (tertiary/aromatic N) is 1. The minimum atomic E-state index is -0.288. The molecule has 0 aliphatic carbocycles. The van der Waals surface area contributed by atoms with E-state index in [9.17, 15) is 5.11 Å². The van der Waals surface area contributed by atoms with Gasteiger partial charge in [-0.15, -0.1) is 0 Å². The van der Waals surface area contributed by atoms with Crippen molar-refractivity contribution in [2.24, 2.45) is 5.16 Å².